The number of benzene rings is 2. The van der Waals surface area contributed by atoms with Crippen molar-refractivity contribution in [1.29, 1.82) is 0 Å². The lowest BCUT2D eigenvalue weighted by Gasteiger charge is -2.28. The number of imide groups is 1. The van der Waals surface area contributed by atoms with Crippen LogP contribution in [0.15, 0.2) is 41.3 Å². The number of hydrogen-bond donors (Lipinski definition) is 0. The van der Waals surface area contributed by atoms with Crippen LogP contribution in [0.2, 0.25) is 0 Å². The van der Waals surface area contributed by atoms with Crippen molar-refractivity contribution in [3.63, 3.8) is 0 Å². The summed E-state index contributed by atoms with van der Waals surface area (Å²) in [5.74, 6) is -0.292. The maximum atomic E-state index is 12.9. The number of carbonyl (C=O) groups excluding carboxylic acids is 4. The second kappa shape index (κ2) is 12.0. The third-order valence-electron chi connectivity index (χ3n) is 5.60. The van der Waals surface area contributed by atoms with Gasteiger partial charge in [0.25, 0.3) is 11.1 Å². The monoisotopic (exact) mass is 638 g/mol. The van der Waals surface area contributed by atoms with Gasteiger partial charge in [-0.3, -0.25) is 19.3 Å². The Hall–Kier alpha value is -3.10. The van der Waals surface area contributed by atoms with E-state index in [1.807, 2.05) is 22.6 Å². The molecule has 12 heteroatoms. The molecule has 0 aromatic heterocycles. The predicted octanol–water partition coefficient (Wildman–Crippen LogP) is 3.42. The zero-order chi connectivity index (χ0) is 26.5. The molecule has 0 N–H and O–H groups in total. The van der Waals surface area contributed by atoms with Gasteiger partial charge in [0.2, 0.25) is 5.91 Å². The van der Waals surface area contributed by atoms with Crippen molar-refractivity contribution < 1.29 is 38.1 Å². The third-order valence-corrected chi connectivity index (χ3v) is 7.31. The highest BCUT2D eigenvalue weighted by atomic mass is 127. The lowest BCUT2D eigenvalue weighted by molar-refractivity contribution is -0.139. The van der Waals surface area contributed by atoms with Gasteiger partial charge in [0.15, 0.2) is 11.5 Å². The molecule has 0 spiro atoms. The molecule has 194 valence electrons. The van der Waals surface area contributed by atoms with Gasteiger partial charge in [0.1, 0.15) is 12.3 Å². The van der Waals surface area contributed by atoms with E-state index >= 15 is 0 Å². The van der Waals surface area contributed by atoms with Gasteiger partial charge in [-0.2, -0.15) is 0 Å². The Morgan fingerprint density at radius 2 is 1.78 bits per heavy atom. The molecule has 10 nitrogen and oxygen atoms in total. The average molecular weight is 638 g/mol. The van der Waals surface area contributed by atoms with Crippen LogP contribution in [0.5, 0.6) is 17.2 Å². The van der Waals surface area contributed by atoms with Crippen molar-refractivity contribution in [3.8, 4) is 17.2 Å². The van der Waals surface area contributed by atoms with Crippen molar-refractivity contribution in [2.24, 2.45) is 0 Å². The molecule has 0 bridgehead atoms. The SMILES string of the molecule is COc1ccc(C(=O)Oc2c(I)cc(/C=C3\SC(=O)N(CC(=O)N4CCOCC4)C3=O)cc2OC)cc1. The number of amides is 3. The normalized spacial score (nSPS) is 16.8. The molecule has 0 unspecified atom stereocenters. The summed E-state index contributed by atoms with van der Waals surface area (Å²) >= 11 is 2.77. The third kappa shape index (κ3) is 6.25. The van der Waals surface area contributed by atoms with Crippen molar-refractivity contribution in [2.45, 2.75) is 0 Å². The molecule has 2 aliphatic rings. The summed E-state index contributed by atoms with van der Waals surface area (Å²) in [6, 6.07) is 9.80. The molecule has 0 saturated carbocycles. The van der Waals surface area contributed by atoms with Crippen LogP contribution in [0, 0.1) is 3.57 Å². The average Bonchev–Trinajstić information content (AvgIpc) is 3.17. The van der Waals surface area contributed by atoms with Gasteiger partial charge in [-0.25, -0.2) is 4.79 Å². The van der Waals surface area contributed by atoms with Gasteiger partial charge < -0.3 is 23.8 Å². The largest absolute Gasteiger partial charge is 0.497 e. The number of nitrogens with zero attached hydrogens (tertiary/aromatic N) is 2. The second-order valence-electron chi connectivity index (χ2n) is 7.91. The van der Waals surface area contributed by atoms with E-state index in [1.165, 1.54) is 14.2 Å². The highest BCUT2D eigenvalue weighted by Gasteiger charge is 2.37. The van der Waals surface area contributed by atoms with Crippen LogP contribution >= 0.6 is 34.4 Å². The van der Waals surface area contributed by atoms with Crippen molar-refractivity contribution in [3.05, 3.63) is 56.0 Å². The summed E-state index contributed by atoms with van der Waals surface area (Å²) in [6.07, 6.45) is 1.55. The van der Waals surface area contributed by atoms with E-state index < -0.39 is 17.1 Å². The highest BCUT2D eigenvalue weighted by Crippen LogP contribution is 2.37. The van der Waals surface area contributed by atoms with Crippen molar-refractivity contribution >= 4 is 63.5 Å². The first-order chi connectivity index (χ1) is 17.8. The Balaban J connectivity index is 1.50. The molecule has 37 heavy (non-hydrogen) atoms. The van der Waals surface area contributed by atoms with Gasteiger partial charge in [-0.1, -0.05) is 0 Å². The number of esters is 1. The van der Waals surface area contributed by atoms with Crippen molar-refractivity contribution in [1.82, 2.24) is 9.80 Å². The summed E-state index contributed by atoms with van der Waals surface area (Å²) in [6.45, 7) is 1.40. The smallest absolute Gasteiger partial charge is 0.343 e. The molecule has 4 rings (SSSR count). The minimum absolute atomic E-state index is 0.181. The number of carbonyl (C=O) groups is 4. The van der Waals surface area contributed by atoms with Crippen LogP contribution in [0.3, 0.4) is 0 Å². The number of rotatable bonds is 7. The van der Waals surface area contributed by atoms with Crippen LogP contribution in [-0.4, -0.2) is 79.9 Å². The number of thioether (sulfide) groups is 1. The van der Waals surface area contributed by atoms with Gasteiger partial charge in [0.05, 0.1) is 41.5 Å². The zero-order valence-corrected chi connectivity index (χ0v) is 23.0. The van der Waals surface area contributed by atoms with E-state index in [9.17, 15) is 19.2 Å². The fourth-order valence-corrected chi connectivity index (χ4v) is 5.21. The van der Waals surface area contributed by atoms with Gasteiger partial charge in [-0.15, -0.1) is 0 Å². The number of morpholine rings is 1. The molecule has 2 aliphatic heterocycles. The minimum Gasteiger partial charge on any atom is -0.497 e. The Bertz CT molecular complexity index is 1260. The molecule has 0 radical (unpaired) electrons. The minimum atomic E-state index is -0.572. The predicted molar refractivity (Wildman–Crippen MR) is 144 cm³/mol. The first-order valence-electron chi connectivity index (χ1n) is 11.2. The van der Waals surface area contributed by atoms with E-state index in [0.717, 1.165) is 16.7 Å². The summed E-state index contributed by atoms with van der Waals surface area (Å²) in [5.41, 5.74) is 0.901. The number of halogens is 1. The van der Waals surface area contributed by atoms with E-state index in [1.54, 1.807) is 47.4 Å². The van der Waals surface area contributed by atoms with E-state index in [0.29, 0.717) is 46.7 Å². The summed E-state index contributed by atoms with van der Waals surface area (Å²) in [7, 11) is 2.97. The van der Waals surface area contributed by atoms with Crippen molar-refractivity contribution in [2.75, 3.05) is 47.1 Å². The Morgan fingerprint density at radius 1 is 1.08 bits per heavy atom. The molecule has 2 aromatic carbocycles. The molecule has 2 aromatic rings. The molecule has 0 aliphatic carbocycles. The maximum Gasteiger partial charge on any atom is 0.343 e. The molecule has 2 heterocycles. The Morgan fingerprint density at radius 3 is 2.43 bits per heavy atom. The summed E-state index contributed by atoms with van der Waals surface area (Å²) in [4.78, 5) is 53.3. The second-order valence-corrected chi connectivity index (χ2v) is 10.1. The van der Waals surface area contributed by atoms with Crippen LogP contribution in [0.25, 0.3) is 6.08 Å². The highest BCUT2D eigenvalue weighted by molar-refractivity contribution is 14.1. The zero-order valence-electron chi connectivity index (χ0n) is 20.0. The molecule has 2 saturated heterocycles. The van der Waals surface area contributed by atoms with Gasteiger partial charge >= 0.3 is 5.97 Å². The van der Waals surface area contributed by atoms with Gasteiger partial charge in [0, 0.05) is 13.1 Å². The van der Waals surface area contributed by atoms with E-state index in [2.05, 4.69) is 0 Å². The fraction of sp³-hybridized carbons (Fsp3) is 0.280. The topological polar surface area (TPSA) is 112 Å². The van der Waals surface area contributed by atoms with Crippen LogP contribution in [-0.2, 0) is 14.3 Å². The fourth-order valence-electron chi connectivity index (χ4n) is 3.64. The summed E-state index contributed by atoms with van der Waals surface area (Å²) in [5, 5.41) is -0.510. The first-order valence-corrected chi connectivity index (χ1v) is 13.0. The molecule has 0 atom stereocenters. The lowest BCUT2D eigenvalue weighted by atomic mass is 10.1. The lowest BCUT2D eigenvalue weighted by Crippen LogP contribution is -2.46. The first kappa shape index (κ1) is 26.9. The molecular weight excluding hydrogens is 615 g/mol. The standard InChI is InChI=1S/C25H23IN2O8S/c1-33-17-5-3-16(4-6-17)24(31)36-22-18(26)11-15(12-19(22)34-2)13-20-23(30)28(25(32)37-20)14-21(29)27-7-9-35-10-8-27/h3-6,11-13H,7-10,14H2,1-2H3/b20-13-. The Kier molecular flexibility index (Phi) is 8.71. The summed E-state index contributed by atoms with van der Waals surface area (Å²) < 4.78 is 21.9. The van der Waals surface area contributed by atoms with Crippen LogP contribution in [0.4, 0.5) is 4.79 Å². The Labute approximate surface area is 231 Å². The van der Waals surface area contributed by atoms with E-state index in [4.69, 9.17) is 18.9 Å². The maximum absolute atomic E-state index is 12.9. The number of ether oxygens (including phenoxy) is 4. The number of hydrogen-bond acceptors (Lipinski definition) is 9. The van der Waals surface area contributed by atoms with Crippen LogP contribution in [0.1, 0.15) is 15.9 Å². The molecular formula is C25H23IN2O8S. The molecule has 2 fully saturated rings. The van der Waals surface area contributed by atoms with Crippen LogP contribution < -0.4 is 14.2 Å². The van der Waals surface area contributed by atoms with E-state index in [-0.39, 0.29) is 28.9 Å². The van der Waals surface area contributed by atoms with Gasteiger partial charge in [-0.05, 0) is 82.4 Å². The quantitative estimate of drug-likeness (QED) is 0.195. The number of methoxy groups -OCH3 is 2. The molecule has 3 amide bonds.